The molecule has 12 aromatic carbocycles. The average molecular weight is 881 g/mol. The quantitative estimate of drug-likeness (QED) is 0.144. The van der Waals surface area contributed by atoms with Crippen molar-refractivity contribution in [3.8, 4) is 33.4 Å². The van der Waals surface area contributed by atoms with Gasteiger partial charge in [0.25, 0.3) is 0 Å². The van der Waals surface area contributed by atoms with Crippen LogP contribution in [-0.2, 0) is 0 Å². The summed E-state index contributed by atoms with van der Waals surface area (Å²) in [7, 11) is 0. The van der Waals surface area contributed by atoms with Crippen LogP contribution in [0.2, 0.25) is 0 Å². The zero-order valence-corrected chi connectivity index (χ0v) is 37.7. The van der Waals surface area contributed by atoms with Gasteiger partial charge in [0.15, 0.2) is 0 Å². The third-order valence-electron chi connectivity index (χ3n) is 13.6. The second kappa shape index (κ2) is 16.9. The van der Waals surface area contributed by atoms with Crippen LogP contribution < -0.4 is 9.80 Å². The molecule has 1 aromatic heterocycles. The fourth-order valence-electron chi connectivity index (χ4n) is 10.4. The zero-order valence-electron chi connectivity index (χ0n) is 37.7. The summed E-state index contributed by atoms with van der Waals surface area (Å²) in [6.07, 6.45) is 0. The van der Waals surface area contributed by atoms with Crippen LogP contribution in [0.4, 0.5) is 34.1 Å². The van der Waals surface area contributed by atoms with Crippen molar-refractivity contribution in [2.75, 3.05) is 9.80 Å². The molecule has 0 saturated heterocycles. The van der Waals surface area contributed by atoms with Gasteiger partial charge in [-0.2, -0.15) is 0 Å². The molecule has 324 valence electrons. The molecule has 3 heteroatoms. The summed E-state index contributed by atoms with van der Waals surface area (Å²) in [5.74, 6) is 0. The summed E-state index contributed by atoms with van der Waals surface area (Å²) in [5.41, 5.74) is 15.3. The molecule has 0 fully saturated rings. The minimum atomic E-state index is 0.866. The Labute approximate surface area is 401 Å². The Bertz CT molecular complexity index is 3890. The Kier molecular flexibility index (Phi) is 9.84. The maximum Gasteiger partial charge on any atom is 0.138 e. The minimum absolute atomic E-state index is 0.866. The van der Waals surface area contributed by atoms with Gasteiger partial charge in [0.05, 0.1) is 11.4 Å². The monoisotopic (exact) mass is 880 g/mol. The Morgan fingerprint density at radius 2 is 0.681 bits per heavy atom. The number of para-hydroxylation sites is 1. The first-order valence-corrected chi connectivity index (χ1v) is 23.6. The van der Waals surface area contributed by atoms with Crippen molar-refractivity contribution in [2.45, 2.75) is 0 Å². The van der Waals surface area contributed by atoms with Crippen LogP contribution in [0.15, 0.2) is 271 Å². The highest BCUT2D eigenvalue weighted by Crippen LogP contribution is 2.48. The fourth-order valence-corrected chi connectivity index (χ4v) is 10.4. The van der Waals surface area contributed by atoms with Crippen LogP contribution >= 0.6 is 0 Å². The molecule has 0 aliphatic rings. The highest BCUT2D eigenvalue weighted by Gasteiger charge is 2.23. The second-order valence-electron chi connectivity index (χ2n) is 17.6. The number of anilines is 6. The lowest BCUT2D eigenvalue weighted by Gasteiger charge is -2.29. The Balaban J connectivity index is 0.927. The molecule has 0 amide bonds. The number of fused-ring (bicyclic) bond motifs is 8. The summed E-state index contributed by atoms with van der Waals surface area (Å²) in [4.78, 5) is 4.75. The van der Waals surface area contributed by atoms with E-state index in [4.69, 9.17) is 4.42 Å². The molecule has 0 spiro atoms. The number of hydrogen-bond acceptors (Lipinski definition) is 3. The fraction of sp³-hybridized carbons (Fsp3) is 0. The summed E-state index contributed by atoms with van der Waals surface area (Å²) in [6, 6.07) is 95.9. The minimum Gasteiger partial charge on any atom is -0.456 e. The van der Waals surface area contributed by atoms with Crippen molar-refractivity contribution in [1.82, 2.24) is 0 Å². The van der Waals surface area contributed by atoms with Gasteiger partial charge in [-0.15, -0.1) is 0 Å². The molecule has 13 aromatic rings. The van der Waals surface area contributed by atoms with Gasteiger partial charge in [0.1, 0.15) is 11.2 Å². The van der Waals surface area contributed by atoms with Gasteiger partial charge in [-0.25, -0.2) is 0 Å². The summed E-state index contributed by atoms with van der Waals surface area (Å²) in [6.45, 7) is 0. The maximum absolute atomic E-state index is 6.80. The zero-order chi connectivity index (χ0) is 45.7. The molecule has 0 aliphatic heterocycles. The van der Waals surface area contributed by atoms with Gasteiger partial charge in [-0.3, -0.25) is 0 Å². The van der Waals surface area contributed by atoms with Crippen molar-refractivity contribution in [2.24, 2.45) is 0 Å². The first-order chi connectivity index (χ1) is 34.2. The summed E-state index contributed by atoms with van der Waals surface area (Å²) < 4.78 is 6.80. The van der Waals surface area contributed by atoms with Crippen LogP contribution in [0.5, 0.6) is 0 Å². The molecule has 0 saturated carbocycles. The number of rotatable bonds is 9. The molecule has 0 unspecified atom stereocenters. The topological polar surface area (TPSA) is 19.6 Å². The van der Waals surface area contributed by atoms with Crippen molar-refractivity contribution in [3.05, 3.63) is 267 Å². The lowest BCUT2D eigenvalue weighted by Crippen LogP contribution is -2.11. The molecule has 0 radical (unpaired) electrons. The van der Waals surface area contributed by atoms with E-state index in [1.807, 2.05) is 0 Å². The lowest BCUT2D eigenvalue weighted by molar-refractivity contribution is 0.669. The van der Waals surface area contributed by atoms with E-state index in [1.165, 1.54) is 44.0 Å². The van der Waals surface area contributed by atoms with E-state index in [0.717, 1.165) is 77.8 Å². The Morgan fingerprint density at radius 3 is 1.28 bits per heavy atom. The summed E-state index contributed by atoms with van der Waals surface area (Å²) >= 11 is 0. The normalized spacial score (nSPS) is 11.5. The van der Waals surface area contributed by atoms with Crippen LogP contribution in [0.25, 0.3) is 87.6 Å². The molecule has 0 atom stereocenters. The highest BCUT2D eigenvalue weighted by molar-refractivity contribution is 6.28. The van der Waals surface area contributed by atoms with Crippen LogP contribution in [-0.4, -0.2) is 0 Å². The molecular weight excluding hydrogens is 837 g/mol. The first-order valence-electron chi connectivity index (χ1n) is 23.6. The molecule has 0 bridgehead atoms. The largest absolute Gasteiger partial charge is 0.456 e. The Morgan fingerprint density at radius 1 is 0.246 bits per heavy atom. The van der Waals surface area contributed by atoms with Crippen LogP contribution in [0.1, 0.15) is 0 Å². The first kappa shape index (κ1) is 40.1. The number of benzene rings is 12. The van der Waals surface area contributed by atoms with Gasteiger partial charge in [0.2, 0.25) is 0 Å². The summed E-state index contributed by atoms with van der Waals surface area (Å²) in [5, 5.41) is 9.35. The molecule has 0 N–H and O–H groups in total. The van der Waals surface area contributed by atoms with E-state index in [2.05, 4.69) is 277 Å². The average Bonchev–Trinajstić information content (AvgIpc) is 3.82. The van der Waals surface area contributed by atoms with E-state index < -0.39 is 0 Å². The van der Waals surface area contributed by atoms with Crippen LogP contribution in [0, 0.1) is 0 Å². The molecule has 13 rings (SSSR count). The maximum atomic E-state index is 6.80. The van der Waals surface area contributed by atoms with Crippen molar-refractivity contribution in [1.29, 1.82) is 0 Å². The van der Waals surface area contributed by atoms with Crippen molar-refractivity contribution < 1.29 is 4.42 Å². The molecule has 0 aliphatic carbocycles. The van der Waals surface area contributed by atoms with E-state index in [1.54, 1.807) is 0 Å². The molecule has 1 heterocycles. The SMILES string of the molecule is c1ccc(-c2ccc(N(c3ccc(-c4ccccc4)cc3)c3ccc(-c4ccc(N(c5ccccc5)c5cc6oc7ccc8ccccc8c7c6c6ccccc56)c5ccccc45)cc3)cc2)cc1. The van der Waals surface area contributed by atoms with Gasteiger partial charge in [-0.1, -0.05) is 200 Å². The predicted octanol–water partition coefficient (Wildman–Crippen LogP) is 19.0. The predicted molar refractivity (Wildman–Crippen MR) is 292 cm³/mol. The van der Waals surface area contributed by atoms with Gasteiger partial charge in [0, 0.05) is 50.4 Å². The van der Waals surface area contributed by atoms with E-state index in [-0.39, 0.29) is 0 Å². The van der Waals surface area contributed by atoms with Gasteiger partial charge < -0.3 is 14.2 Å². The number of hydrogen-bond donors (Lipinski definition) is 0. The molecule has 3 nitrogen and oxygen atoms in total. The van der Waals surface area contributed by atoms with Crippen molar-refractivity contribution >= 4 is 88.4 Å². The Hall–Kier alpha value is -9.18. The highest BCUT2D eigenvalue weighted by atomic mass is 16.3. The third-order valence-corrected chi connectivity index (χ3v) is 13.6. The number of furan rings is 1. The van der Waals surface area contributed by atoms with E-state index in [0.29, 0.717) is 0 Å². The van der Waals surface area contributed by atoms with Crippen LogP contribution in [0.3, 0.4) is 0 Å². The van der Waals surface area contributed by atoms with E-state index >= 15 is 0 Å². The van der Waals surface area contributed by atoms with Crippen molar-refractivity contribution in [3.63, 3.8) is 0 Å². The molecule has 69 heavy (non-hydrogen) atoms. The van der Waals surface area contributed by atoms with Gasteiger partial charge >= 0.3 is 0 Å². The second-order valence-corrected chi connectivity index (χ2v) is 17.6. The van der Waals surface area contributed by atoms with E-state index in [9.17, 15) is 0 Å². The molecular formula is C66H44N2O. The van der Waals surface area contributed by atoms with Gasteiger partial charge in [-0.05, 0) is 116 Å². The number of nitrogens with zero attached hydrogens (tertiary/aromatic N) is 2. The lowest BCUT2D eigenvalue weighted by atomic mass is 9.95. The smallest absolute Gasteiger partial charge is 0.138 e. The third kappa shape index (κ3) is 7.08. The standard InChI is InChI=1S/C66H44N2O/c1-4-16-45(17-5-1)47-28-35-52(36-29-47)67(53-37-30-48(31-38-53)46-18-6-2-7-19-46)54-39-32-50(33-40-54)55-41-42-61(58-25-13-12-24-57(55)58)68(51-21-8-3-9-22-51)62-44-64-66(60-27-15-14-26-59(60)62)65-56-23-11-10-20-49(56)34-43-63(65)69-64/h1-44H.